The van der Waals surface area contributed by atoms with Gasteiger partial charge in [0.15, 0.2) is 0 Å². The zero-order valence-corrected chi connectivity index (χ0v) is 5.92. The van der Waals surface area contributed by atoms with Gasteiger partial charge in [-0.15, -0.1) is 0 Å². The normalized spacial score (nSPS) is 14.1. The van der Waals surface area contributed by atoms with Crippen LogP contribution in [-0.2, 0) is 0 Å². The highest BCUT2D eigenvalue weighted by atomic mass is 32.1. The molecule has 0 amide bonds. The van der Waals surface area contributed by atoms with Crippen molar-refractivity contribution in [3.63, 3.8) is 0 Å². The van der Waals surface area contributed by atoms with Gasteiger partial charge in [0, 0.05) is 5.75 Å². The largest absolute Gasteiger partial charge is 0.0941 e. The lowest BCUT2D eigenvalue weighted by molar-refractivity contribution is 0.549. The molecule has 0 saturated carbocycles. The summed E-state index contributed by atoms with van der Waals surface area (Å²) in [4.78, 5) is 0. The van der Waals surface area contributed by atoms with E-state index in [1.165, 1.54) is 12.8 Å². The molecule has 43 valence electrons. The Morgan fingerprint density at radius 3 is 2.29 bits per heavy atom. The summed E-state index contributed by atoms with van der Waals surface area (Å²) >= 11 is 4.79. The summed E-state index contributed by atoms with van der Waals surface area (Å²) in [5.74, 6) is 1.77. The summed E-state index contributed by atoms with van der Waals surface area (Å²) in [5, 5.41) is 0. The van der Waals surface area contributed by atoms with Crippen molar-refractivity contribution in [1.29, 1.82) is 0 Å². The maximum Gasteiger partial charge on any atom is 0.00394 e. The number of rotatable bonds is 3. The van der Waals surface area contributed by atoms with Crippen LogP contribution < -0.4 is 0 Å². The molecule has 0 fully saturated rings. The predicted molar refractivity (Wildman–Crippen MR) is 36.5 cm³/mol. The molecule has 7 heavy (non-hydrogen) atoms. The van der Waals surface area contributed by atoms with Gasteiger partial charge in [-0.1, -0.05) is 32.9 Å². The van der Waals surface area contributed by atoms with Gasteiger partial charge in [-0.25, -0.2) is 0 Å². The van der Waals surface area contributed by atoms with E-state index in [2.05, 4.69) is 13.8 Å². The predicted octanol–water partition coefficient (Wildman–Crippen LogP) is 2.62. The molecule has 0 aliphatic rings. The van der Waals surface area contributed by atoms with Gasteiger partial charge >= 0.3 is 0 Å². The van der Waals surface area contributed by atoms with E-state index in [4.69, 9.17) is 12.6 Å². The quantitative estimate of drug-likeness (QED) is 0.533. The smallest absolute Gasteiger partial charge is 0.00394 e. The second kappa shape index (κ2) is 4.51. The Morgan fingerprint density at radius 1 is 1.57 bits per heavy atom. The van der Waals surface area contributed by atoms with Crippen LogP contribution in [-0.4, -0.2) is 5.75 Å². The van der Waals surface area contributed by atoms with Crippen LogP contribution in [0.5, 0.6) is 0 Å². The van der Waals surface area contributed by atoms with Crippen LogP contribution in [0.2, 0.25) is 0 Å². The molecule has 0 aromatic heterocycles. The molecule has 0 nitrogen and oxygen atoms in total. The first kappa shape index (κ1) is 7.35. The van der Waals surface area contributed by atoms with E-state index in [9.17, 15) is 0 Å². The SMILES string of the molecule is CCC(C)CC[S]. The van der Waals surface area contributed by atoms with Crippen LogP contribution in [0, 0.1) is 5.92 Å². The van der Waals surface area contributed by atoms with Gasteiger partial charge in [0.25, 0.3) is 0 Å². The summed E-state index contributed by atoms with van der Waals surface area (Å²) in [6.07, 6.45) is 2.49. The van der Waals surface area contributed by atoms with Crippen LogP contribution in [0.15, 0.2) is 0 Å². The molecule has 1 atom stereocenters. The third kappa shape index (κ3) is 4.20. The van der Waals surface area contributed by atoms with Gasteiger partial charge in [0.1, 0.15) is 0 Å². The van der Waals surface area contributed by atoms with Gasteiger partial charge < -0.3 is 0 Å². The summed E-state index contributed by atoms with van der Waals surface area (Å²) in [5.41, 5.74) is 0. The van der Waals surface area contributed by atoms with Crippen molar-refractivity contribution in [2.24, 2.45) is 5.92 Å². The first-order chi connectivity index (χ1) is 3.31. The highest BCUT2D eigenvalue weighted by molar-refractivity contribution is 7.80. The second-order valence-corrected chi connectivity index (χ2v) is 2.41. The van der Waals surface area contributed by atoms with Crippen LogP contribution in [0.3, 0.4) is 0 Å². The molecule has 1 heteroatoms. The van der Waals surface area contributed by atoms with Crippen molar-refractivity contribution in [1.82, 2.24) is 0 Å². The lowest BCUT2D eigenvalue weighted by Gasteiger charge is -2.01. The molecule has 0 N–H and O–H groups in total. The topological polar surface area (TPSA) is 0 Å². The van der Waals surface area contributed by atoms with E-state index < -0.39 is 0 Å². The summed E-state index contributed by atoms with van der Waals surface area (Å²) in [6.45, 7) is 4.45. The van der Waals surface area contributed by atoms with Crippen molar-refractivity contribution in [3.8, 4) is 0 Å². The highest BCUT2D eigenvalue weighted by Gasteiger charge is 1.93. The third-order valence-corrected chi connectivity index (χ3v) is 1.54. The van der Waals surface area contributed by atoms with Crippen molar-refractivity contribution in [2.75, 3.05) is 5.75 Å². The first-order valence-electron chi connectivity index (χ1n) is 2.89. The Kier molecular flexibility index (Phi) is 4.73. The van der Waals surface area contributed by atoms with Gasteiger partial charge in [-0.3, -0.25) is 0 Å². The van der Waals surface area contributed by atoms with E-state index in [1.54, 1.807) is 0 Å². The van der Waals surface area contributed by atoms with Gasteiger partial charge in [-0.05, 0) is 12.3 Å². The van der Waals surface area contributed by atoms with E-state index >= 15 is 0 Å². The Bertz CT molecular complexity index is 35.2. The minimum absolute atomic E-state index is 0.845. The summed E-state index contributed by atoms with van der Waals surface area (Å²) in [6, 6.07) is 0. The fourth-order valence-corrected chi connectivity index (χ4v) is 0.808. The third-order valence-electron chi connectivity index (χ3n) is 1.31. The van der Waals surface area contributed by atoms with E-state index in [-0.39, 0.29) is 0 Å². The van der Waals surface area contributed by atoms with Crippen LogP contribution >= 0.6 is 12.6 Å². The van der Waals surface area contributed by atoms with Crippen molar-refractivity contribution >= 4 is 12.6 Å². The Hall–Kier alpha value is 0.350. The van der Waals surface area contributed by atoms with E-state index in [0.717, 1.165) is 11.7 Å². The van der Waals surface area contributed by atoms with E-state index in [1.807, 2.05) is 0 Å². The first-order valence-corrected chi connectivity index (χ1v) is 3.47. The Labute approximate surface area is 51.7 Å². The molecule has 0 spiro atoms. The van der Waals surface area contributed by atoms with E-state index in [0.29, 0.717) is 0 Å². The van der Waals surface area contributed by atoms with Crippen LogP contribution in [0.25, 0.3) is 0 Å². The van der Waals surface area contributed by atoms with Gasteiger partial charge in [-0.2, -0.15) is 0 Å². The molecular weight excluding hydrogens is 104 g/mol. The maximum absolute atomic E-state index is 4.79. The zero-order valence-electron chi connectivity index (χ0n) is 5.11. The number of hydrogen-bond donors (Lipinski definition) is 0. The van der Waals surface area contributed by atoms with Gasteiger partial charge in [0.2, 0.25) is 0 Å². The average molecular weight is 117 g/mol. The minimum atomic E-state index is 0.845. The standard InChI is InChI=1S/C6H13S/c1-3-6(2)4-5-7/h6H,3-5H2,1-2H3. The Morgan fingerprint density at radius 2 is 2.14 bits per heavy atom. The average Bonchev–Trinajstić information content (AvgIpc) is 1.68. The lowest BCUT2D eigenvalue weighted by atomic mass is 10.1. The fraction of sp³-hybridized carbons (Fsp3) is 1.00. The second-order valence-electron chi connectivity index (χ2n) is 2.01. The number of hydrogen-bond acceptors (Lipinski definition) is 0. The molecular formula is C6H13S. The molecule has 0 heterocycles. The fourth-order valence-electron chi connectivity index (χ4n) is 0.405. The molecule has 0 aromatic rings. The summed E-state index contributed by atoms with van der Waals surface area (Å²) in [7, 11) is 0. The monoisotopic (exact) mass is 117 g/mol. The molecule has 0 aliphatic heterocycles. The summed E-state index contributed by atoms with van der Waals surface area (Å²) < 4.78 is 0. The Balaban J connectivity index is 2.83. The molecule has 0 aromatic carbocycles. The zero-order chi connectivity index (χ0) is 5.70. The van der Waals surface area contributed by atoms with Crippen LogP contribution in [0.1, 0.15) is 26.7 Å². The van der Waals surface area contributed by atoms with Gasteiger partial charge in [0.05, 0.1) is 0 Å². The molecule has 1 unspecified atom stereocenters. The molecule has 0 saturated heterocycles. The minimum Gasteiger partial charge on any atom is -0.0941 e. The molecule has 1 radical (unpaired) electrons. The molecule has 0 aliphatic carbocycles. The van der Waals surface area contributed by atoms with Crippen LogP contribution in [0.4, 0.5) is 0 Å². The van der Waals surface area contributed by atoms with Crippen molar-refractivity contribution < 1.29 is 0 Å². The lowest BCUT2D eigenvalue weighted by Crippen LogP contribution is -1.90. The molecule has 0 bridgehead atoms. The van der Waals surface area contributed by atoms with Crippen molar-refractivity contribution in [2.45, 2.75) is 26.7 Å². The highest BCUT2D eigenvalue weighted by Crippen LogP contribution is 2.05. The maximum atomic E-state index is 4.79. The molecule has 0 rings (SSSR count). The van der Waals surface area contributed by atoms with Crippen molar-refractivity contribution in [3.05, 3.63) is 0 Å².